The van der Waals surface area contributed by atoms with Gasteiger partial charge in [-0.3, -0.25) is 14.6 Å². The predicted molar refractivity (Wildman–Crippen MR) is 115 cm³/mol. The molecule has 3 heterocycles. The second-order valence-corrected chi connectivity index (χ2v) is 8.61. The summed E-state index contributed by atoms with van der Waals surface area (Å²) in [6.45, 7) is 4.84. The van der Waals surface area contributed by atoms with E-state index in [1.54, 1.807) is 12.1 Å². The number of thioether (sulfide) groups is 1. The number of benzene rings is 1. The van der Waals surface area contributed by atoms with E-state index in [1.807, 2.05) is 18.7 Å². The number of fused-ring (bicyclic) bond motifs is 1. The molecule has 1 saturated heterocycles. The lowest BCUT2D eigenvalue weighted by molar-refractivity contribution is -0.129. The molecule has 0 radical (unpaired) electrons. The van der Waals surface area contributed by atoms with Crippen LogP contribution < -0.4 is 5.73 Å². The second kappa shape index (κ2) is 8.66. The molecular formula is C22H23FN4O3S. The summed E-state index contributed by atoms with van der Waals surface area (Å²) in [5, 5.41) is 1.04. The smallest absolute Gasteiger partial charge is 0.256 e. The number of carbonyl (C=O) groups is 2. The summed E-state index contributed by atoms with van der Waals surface area (Å²) in [4.78, 5) is 35.3. The third-order valence-corrected chi connectivity index (χ3v) is 6.45. The van der Waals surface area contributed by atoms with Crippen LogP contribution >= 0.6 is 11.8 Å². The lowest BCUT2D eigenvalue weighted by atomic mass is 9.89. The van der Waals surface area contributed by atoms with Gasteiger partial charge in [0, 0.05) is 24.4 Å². The summed E-state index contributed by atoms with van der Waals surface area (Å²) in [7, 11) is 0. The monoisotopic (exact) mass is 442 g/mol. The minimum atomic E-state index is -0.583. The maximum Gasteiger partial charge on any atom is 0.256 e. The first-order valence-corrected chi connectivity index (χ1v) is 11.0. The predicted octanol–water partition coefficient (Wildman–Crippen LogP) is 3.58. The zero-order chi connectivity index (χ0) is 22.1. The molecule has 0 bridgehead atoms. The number of nitrogens with two attached hydrogens (primary N) is 1. The molecule has 2 aromatic heterocycles. The normalized spacial score (nSPS) is 14.9. The molecule has 7 nitrogen and oxygen atoms in total. The Bertz CT molecular complexity index is 1140. The topological polar surface area (TPSA) is 102 Å². The molecular weight excluding hydrogens is 419 g/mol. The first-order valence-electron chi connectivity index (χ1n) is 10.1. The molecule has 0 unspecified atom stereocenters. The molecule has 1 aliphatic heterocycles. The van der Waals surface area contributed by atoms with Crippen molar-refractivity contribution in [3.8, 4) is 0 Å². The van der Waals surface area contributed by atoms with Crippen LogP contribution in [0.1, 0.15) is 46.3 Å². The van der Waals surface area contributed by atoms with Gasteiger partial charge in [0.05, 0.1) is 28.2 Å². The number of likely N-dealkylation sites (tertiary alicyclic amines) is 1. The Kier molecular flexibility index (Phi) is 5.95. The van der Waals surface area contributed by atoms with Gasteiger partial charge in [-0.25, -0.2) is 9.37 Å². The van der Waals surface area contributed by atoms with Crippen molar-refractivity contribution in [2.45, 2.75) is 37.8 Å². The SMILES string of the molecule is Cc1nc(SCC(=O)N2CCC(c3nc4ccc(F)cc4cc3C(N)=O)CC2)oc1C. The van der Waals surface area contributed by atoms with Crippen molar-refractivity contribution in [1.82, 2.24) is 14.9 Å². The van der Waals surface area contributed by atoms with E-state index in [1.165, 1.54) is 23.9 Å². The number of pyridine rings is 1. The van der Waals surface area contributed by atoms with E-state index in [9.17, 15) is 14.0 Å². The molecule has 3 aromatic rings. The molecule has 1 aliphatic rings. The zero-order valence-corrected chi connectivity index (χ0v) is 18.2. The van der Waals surface area contributed by atoms with Gasteiger partial charge >= 0.3 is 0 Å². The molecule has 9 heteroatoms. The third-order valence-electron chi connectivity index (χ3n) is 5.63. The van der Waals surface area contributed by atoms with Crippen LogP contribution in [0.2, 0.25) is 0 Å². The van der Waals surface area contributed by atoms with Crippen molar-refractivity contribution in [2.24, 2.45) is 5.73 Å². The highest BCUT2D eigenvalue weighted by molar-refractivity contribution is 7.99. The number of piperidine rings is 1. The first-order chi connectivity index (χ1) is 14.8. The minimum absolute atomic E-state index is 0.00527. The number of halogens is 1. The maximum absolute atomic E-state index is 13.5. The van der Waals surface area contributed by atoms with Gasteiger partial charge in [-0.05, 0) is 51.0 Å². The summed E-state index contributed by atoms with van der Waals surface area (Å²) in [5.41, 5.74) is 7.96. The number of rotatable bonds is 5. The van der Waals surface area contributed by atoms with Crippen LogP contribution in [0.25, 0.3) is 10.9 Å². The Morgan fingerprint density at radius 1 is 1.23 bits per heavy atom. The Hall–Kier alpha value is -2.94. The summed E-state index contributed by atoms with van der Waals surface area (Å²) in [6.07, 6.45) is 1.35. The van der Waals surface area contributed by atoms with Gasteiger partial charge in [0.15, 0.2) is 0 Å². The van der Waals surface area contributed by atoms with Gasteiger partial charge in [0.1, 0.15) is 11.6 Å². The fraction of sp³-hybridized carbons (Fsp3) is 0.364. The first kappa shape index (κ1) is 21.3. The summed E-state index contributed by atoms with van der Waals surface area (Å²) < 4.78 is 19.1. The van der Waals surface area contributed by atoms with E-state index in [0.717, 1.165) is 11.5 Å². The highest BCUT2D eigenvalue weighted by Crippen LogP contribution is 2.31. The molecule has 2 amide bonds. The molecule has 162 valence electrons. The Morgan fingerprint density at radius 3 is 2.61 bits per heavy atom. The van der Waals surface area contributed by atoms with E-state index in [2.05, 4.69) is 9.97 Å². The van der Waals surface area contributed by atoms with Gasteiger partial charge in [0.25, 0.3) is 11.1 Å². The molecule has 1 aromatic carbocycles. The Labute approximate surface area is 183 Å². The molecule has 0 spiro atoms. The van der Waals surface area contributed by atoms with Gasteiger partial charge in [-0.2, -0.15) is 0 Å². The lowest BCUT2D eigenvalue weighted by Gasteiger charge is -2.32. The summed E-state index contributed by atoms with van der Waals surface area (Å²) >= 11 is 1.29. The van der Waals surface area contributed by atoms with E-state index in [0.29, 0.717) is 53.3 Å². The molecule has 4 rings (SSSR count). The van der Waals surface area contributed by atoms with Crippen LogP contribution in [0, 0.1) is 19.7 Å². The second-order valence-electron chi connectivity index (χ2n) is 7.69. The molecule has 0 saturated carbocycles. The van der Waals surface area contributed by atoms with Crippen LogP contribution in [-0.2, 0) is 4.79 Å². The number of carbonyl (C=O) groups excluding carboxylic acids is 2. The minimum Gasteiger partial charge on any atom is -0.437 e. The van der Waals surface area contributed by atoms with Crippen LogP contribution in [0.4, 0.5) is 4.39 Å². The van der Waals surface area contributed by atoms with Crippen molar-refractivity contribution < 1.29 is 18.4 Å². The molecule has 31 heavy (non-hydrogen) atoms. The van der Waals surface area contributed by atoms with E-state index >= 15 is 0 Å². The summed E-state index contributed by atoms with van der Waals surface area (Å²) in [5.74, 6) is 0.0693. The molecule has 0 aliphatic carbocycles. The highest BCUT2D eigenvalue weighted by atomic mass is 32.2. The number of primary amides is 1. The van der Waals surface area contributed by atoms with Gasteiger partial charge < -0.3 is 15.1 Å². The van der Waals surface area contributed by atoms with Crippen molar-refractivity contribution in [3.63, 3.8) is 0 Å². The average molecular weight is 443 g/mol. The highest BCUT2D eigenvalue weighted by Gasteiger charge is 2.28. The zero-order valence-electron chi connectivity index (χ0n) is 17.4. The van der Waals surface area contributed by atoms with Crippen molar-refractivity contribution in [1.29, 1.82) is 0 Å². The number of aryl methyl sites for hydroxylation is 2. The van der Waals surface area contributed by atoms with E-state index in [4.69, 9.17) is 10.2 Å². The van der Waals surface area contributed by atoms with Crippen LogP contribution in [-0.4, -0.2) is 45.5 Å². The number of amides is 2. The van der Waals surface area contributed by atoms with Crippen LogP contribution in [0.5, 0.6) is 0 Å². The lowest BCUT2D eigenvalue weighted by Crippen LogP contribution is -2.39. The van der Waals surface area contributed by atoms with Crippen molar-refractivity contribution in [2.75, 3.05) is 18.8 Å². The van der Waals surface area contributed by atoms with Crippen molar-refractivity contribution in [3.05, 3.63) is 52.8 Å². The standard InChI is InChI=1S/C22H23FN4O3S/c1-12-13(2)30-22(25-12)31-11-19(28)27-7-5-14(6-8-27)20-17(21(24)29)10-15-9-16(23)3-4-18(15)26-20/h3-4,9-10,14H,5-8,11H2,1-2H3,(H2,24,29). The van der Waals surface area contributed by atoms with Gasteiger partial charge in [0.2, 0.25) is 5.91 Å². The average Bonchev–Trinajstić information content (AvgIpc) is 3.08. The third kappa shape index (κ3) is 4.56. The Balaban J connectivity index is 1.43. The van der Waals surface area contributed by atoms with E-state index in [-0.39, 0.29) is 17.6 Å². The Morgan fingerprint density at radius 2 is 1.97 bits per heavy atom. The fourth-order valence-corrected chi connectivity index (χ4v) is 4.61. The number of aromatic nitrogens is 2. The summed E-state index contributed by atoms with van der Waals surface area (Å²) in [6, 6.07) is 5.89. The van der Waals surface area contributed by atoms with Gasteiger partial charge in [-0.1, -0.05) is 11.8 Å². The van der Waals surface area contributed by atoms with Crippen LogP contribution in [0.3, 0.4) is 0 Å². The van der Waals surface area contributed by atoms with E-state index < -0.39 is 11.7 Å². The largest absolute Gasteiger partial charge is 0.437 e. The number of oxazole rings is 1. The van der Waals surface area contributed by atoms with Crippen molar-refractivity contribution >= 4 is 34.5 Å². The number of nitrogens with zero attached hydrogens (tertiary/aromatic N) is 3. The molecule has 1 fully saturated rings. The van der Waals surface area contributed by atoms with Gasteiger partial charge in [-0.15, -0.1) is 0 Å². The molecule has 0 atom stereocenters. The number of hydrogen-bond acceptors (Lipinski definition) is 6. The fourth-order valence-electron chi connectivity index (χ4n) is 3.79. The number of hydrogen-bond donors (Lipinski definition) is 1. The quantitative estimate of drug-likeness (QED) is 0.606. The molecule has 2 N–H and O–H groups in total. The maximum atomic E-state index is 13.5. The van der Waals surface area contributed by atoms with Crippen LogP contribution in [0.15, 0.2) is 33.9 Å².